The zero-order valence-corrected chi connectivity index (χ0v) is 16.7. The summed E-state index contributed by atoms with van der Waals surface area (Å²) < 4.78 is 45.9. The van der Waals surface area contributed by atoms with Gasteiger partial charge in [-0.3, -0.25) is 9.52 Å². The lowest BCUT2D eigenvalue weighted by Gasteiger charge is -2.10. The lowest BCUT2D eigenvalue weighted by molar-refractivity contribution is 0.102. The Balaban J connectivity index is 1.73. The van der Waals surface area contributed by atoms with E-state index in [1.165, 1.54) is 36.4 Å². The molecule has 154 valence electrons. The topological polar surface area (TPSA) is 84.5 Å². The second-order valence-electron chi connectivity index (χ2n) is 6.22. The summed E-state index contributed by atoms with van der Waals surface area (Å²) in [7, 11) is -3.95. The number of carbonyl (C=O) groups is 1. The molecule has 0 aliphatic rings. The monoisotopic (exact) mass is 426 g/mol. The molecule has 1 amide bonds. The summed E-state index contributed by atoms with van der Waals surface area (Å²) in [6.45, 7) is 3.95. The minimum absolute atomic E-state index is 0.0901. The summed E-state index contributed by atoms with van der Waals surface area (Å²) in [6, 6.07) is 17.3. The molecule has 0 fully saturated rings. The van der Waals surface area contributed by atoms with Crippen molar-refractivity contribution in [3.63, 3.8) is 0 Å². The number of hydrogen-bond donors (Lipinski definition) is 2. The molecule has 3 aromatic carbocycles. The van der Waals surface area contributed by atoms with Crippen LogP contribution in [0.3, 0.4) is 0 Å². The molecule has 0 radical (unpaired) electrons. The highest BCUT2D eigenvalue weighted by Gasteiger charge is 2.17. The molecule has 0 bridgehead atoms. The number of rotatable bonds is 8. The van der Waals surface area contributed by atoms with Crippen LogP contribution in [0.25, 0.3) is 0 Å². The van der Waals surface area contributed by atoms with Gasteiger partial charge in [-0.25, -0.2) is 12.8 Å². The smallest absolute Gasteiger partial charge is 0.261 e. The highest BCUT2D eigenvalue weighted by molar-refractivity contribution is 7.92. The highest BCUT2D eigenvalue weighted by atomic mass is 32.2. The standard InChI is InChI=1S/C22H19FN2O4S/c1-2-14-29-20-12-10-18(11-13-20)24-22(26)16-4-3-5-21(15-16)30(27,28)25-19-8-6-17(23)7-9-19/h2-13,15,25H,1,14H2,(H,24,26). The summed E-state index contributed by atoms with van der Waals surface area (Å²) in [5, 5.41) is 2.70. The molecule has 0 saturated carbocycles. The summed E-state index contributed by atoms with van der Waals surface area (Å²) in [6.07, 6.45) is 1.63. The number of benzene rings is 3. The second kappa shape index (κ2) is 9.23. The Kier molecular flexibility index (Phi) is 6.48. The average molecular weight is 426 g/mol. The number of sulfonamides is 1. The van der Waals surface area contributed by atoms with Crippen molar-refractivity contribution in [2.45, 2.75) is 4.90 Å². The fraction of sp³-hybridized carbons (Fsp3) is 0.0455. The predicted octanol–water partition coefficient (Wildman–Crippen LogP) is 4.44. The van der Waals surface area contributed by atoms with Crippen LogP contribution in [0.2, 0.25) is 0 Å². The third-order valence-electron chi connectivity index (χ3n) is 3.98. The van der Waals surface area contributed by atoms with Crippen molar-refractivity contribution < 1.29 is 22.3 Å². The van der Waals surface area contributed by atoms with Crippen molar-refractivity contribution in [2.75, 3.05) is 16.6 Å². The van der Waals surface area contributed by atoms with Gasteiger partial charge in [0.15, 0.2) is 0 Å². The van der Waals surface area contributed by atoms with Crippen LogP contribution in [0, 0.1) is 5.82 Å². The van der Waals surface area contributed by atoms with Crippen molar-refractivity contribution in [2.24, 2.45) is 0 Å². The number of halogens is 1. The average Bonchev–Trinajstić information content (AvgIpc) is 2.75. The molecular weight excluding hydrogens is 407 g/mol. The number of carbonyl (C=O) groups excluding carboxylic acids is 1. The van der Waals surface area contributed by atoms with Gasteiger partial charge in [0.2, 0.25) is 0 Å². The first-order chi connectivity index (χ1) is 14.4. The van der Waals surface area contributed by atoms with Crippen molar-refractivity contribution in [1.29, 1.82) is 0 Å². The maximum Gasteiger partial charge on any atom is 0.261 e. The van der Waals surface area contributed by atoms with Gasteiger partial charge in [-0.1, -0.05) is 18.7 Å². The molecule has 3 aromatic rings. The first kappa shape index (κ1) is 21.1. The third kappa shape index (κ3) is 5.45. The summed E-state index contributed by atoms with van der Waals surface area (Å²) in [5.41, 5.74) is 0.914. The fourth-order valence-corrected chi connectivity index (χ4v) is 3.63. The van der Waals surface area contributed by atoms with Crippen LogP contribution in [0.5, 0.6) is 5.75 Å². The molecule has 0 aliphatic carbocycles. The van der Waals surface area contributed by atoms with Crippen LogP contribution in [-0.2, 0) is 10.0 Å². The number of amides is 1. The normalized spacial score (nSPS) is 10.8. The van der Waals surface area contributed by atoms with Crippen molar-refractivity contribution in [3.05, 3.63) is 96.8 Å². The van der Waals surface area contributed by atoms with Crippen LogP contribution < -0.4 is 14.8 Å². The Bertz CT molecular complexity index is 1140. The van der Waals surface area contributed by atoms with E-state index in [4.69, 9.17) is 4.74 Å². The van der Waals surface area contributed by atoms with Gasteiger partial charge in [-0.05, 0) is 66.7 Å². The Hall–Kier alpha value is -3.65. The Morgan fingerprint density at radius 1 is 1.00 bits per heavy atom. The number of anilines is 2. The van der Waals surface area contributed by atoms with Crippen LogP contribution >= 0.6 is 0 Å². The van der Waals surface area contributed by atoms with E-state index in [0.717, 1.165) is 12.1 Å². The van der Waals surface area contributed by atoms with Gasteiger partial charge in [0.05, 0.1) is 4.90 Å². The molecule has 3 rings (SSSR count). The van der Waals surface area contributed by atoms with Crippen LogP contribution in [0.4, 0.5) is 15.8 Å². The quantitative estimate of drug-likeness (QED) is 0.522. The SMILES string of the molecule is C=CCOc1ccc(NC(=O)c2cccc(S(=O)(=O)Nc3ccc(F)cc3)c2)cc1. The summed E-state index contributed by atoms with van der Waals surface area (Å²) in [4.78, 5) is 12.4. The van der Waals surface area contributed by atoms with Crippen LogP contribution in [0.1, 0.15) is 10.4 Å². The van der Waals surface area contributed by atoms with Crippen molar-refractivity contribution >= 4 is 27.3 Å². The first-order valence-electron chi connectivity index (χ1n) is 8.91. The maximum atomic E-state index is 13.0. The Labute approximate surface area is 174 Å². The Morgan fingerprint density at radius 2 is 1.67 bits per heavy atom. The van der Waals surface area contributed by atoms with E-state index in [1.54, 1.807) is 30.3 Å². The molecular formula is C22H19FN2O4S. The number of hydrogen-bond acceptors (Lipinski definition) is 4. The maximum absolute atomic E-state index is 13.0. The van der Waals surface area contributed by atoms with Gasteiger partial charge >= 0.3 is 0 Å². The molecule has 0 heterocycles. The van der Waals surface area contributed by atoms with E-state index in [0.29, 0.717) is 18.0 Å². The van der Waals surface area contributed by atoms with E-state index in [2.05, 4.69) is 16.6 Å². The van der Waals surface area contributed by atoms with E-state index in [-0.39, 0.29) is 16.1 Å². The number of nitrogens with one attached hydrogen (secondary N) is 2. The minimum atomic E-state index is -3.95. The molecule has 2 N–H and O–H groups in total. The molecule has 0 atom stereocenters. The van der Waals surface area contributed by atoms with Gasteiger partial charge in [-0.15, -0.1) is 0 Å². The zero-order valence-electron chi connectivity index (χ0n) is 15.8. The number of ether oxygens (including phenoxy) is 1. The molecule has 0 saturated heterocycles. The molecule has 0 unspecified atom stereocenters. The molecule has 0 aromatic heterocycles. The fourth-order valence-electron chi connectivity index (χ4n) is 2.53. The van der Waals surface area contributed by atoms with Crippen molar-refractivity contribution in [3.8, 4) is 5.75 Å². The van der Waals surface area contributed by atoms with Crippen LogP contribution in [-0.4, -0.2) is 20.9 Å². The van der Waals surface area contributed by atoms with E-state index in [1.807, 2.05) is 0 Å². The van der Waals surface area contributed by atoms with E-state index in [9.17, 15) is 17.6 Å². The van der Waals surface area contributed by atoms with Crippen LogP contribution in [0.15, 0.2) is 90.3 Å². The van der Waals surface area contributed by atoms with Gasteiger partial charge < -0.3 is 10.1 Å². The third-order valence-corrected chi connectivity index (χ3v) is 5.36. The lowest BCUT2D eigenvalue weighted by atomic mass is 10.2. The second-order valence-corrected chi connectivity index (χ2v) is 7.90. The summed E-state index contributed by atoms with van der Waals surface area (Å²) >= 11 is 0. The molecule has 6 nitrogen and oxygen atoms in total. The Morgan fingerprint density at radius 3 is 2.33 bits per heavy atom. The predicted molar refractivity (Wildman–Crippen MR) is 114 cm³/mol. The largest absolute Gasteiger partial charge is 0.490 e. The van der Waals surface area contributed by atoms with E-state index < -0.39 is 21.7 Å². The van der Waals surface area contributed by atoms with Gasteiger partial charge in [0, 0.05) is 16.9 Å². The van der Waals surface area contributed by atoms with E-state index >= 15 is 0 Å². The molecule has 8 heteroatoms. The minimum Gasteiger partial charge on any atom is -0.490 e. The molecule has 0 spiro atoms. The molecule has 30 heavy (non-hydrogen) atoms. The highest BCUT2D eigenvalue weighted by Crippen LogP contribution is 2.20. The summed E-state index contributed by atoms with van der Waals surface area (Å²) in [5.74, 6) is -0.307. The first-order valence-corrected chi connectivity index (χ1v) is 10.4. The van der Waals surface area contributed by atoms with Crippen molar-refractivity contribution in [1.82, 2.24) is 0 Å². The lowest BCUT2D eigenvalue weighted by Crippen LogP contribution is -2.16. The zero-order chi connectivity index (χ0) is 21.6. The van der Waals surface area contributed by atoms with Gasteiger partial charge in [0.1, 0.15) is 18.2 Å². The van der Waals surface area contributed by atoms with Gasteiger partial charge in [-0.2, -0.15) is 0 Å². The molecule has 0 aliphatic heterocycles. The van der Waals surface area contributed by atoms with Gasteiger partial charge in [0.25, 0.3) is 15.9 Å².